The second-order valence-corrected chi connectivity index (χ2v) is 8.76. The summed E-state index contributed by atoms with van der Waals surface area (Å²) in [5.74, 6) is -0.302. The Morgan fingerprint density at radius 1 is 0.971 bits per heavy atom. The van der Waals surface area contributed by atoms with E-state index >= 15 is 0 Å². The van der Waals surface area contributed by atoms with Crippen LogP contribution in [0.2, 0.25) is 0 Å². The maximum atomic E-state index is 12.8. The van der Waals surface area contributed by atoms with Gasteiger partial charge in [0, 0.05) is 30.1 Å². The first kappa shape index (κ1) is 21.0. The molecule has 0 unspecified atom stereocenters. The quantitative estimate of drug-likeness (QED) is 0.329. The monoisotopic (exact) mass is 462 g/mol. The maximum Gasteiger partial charge on any atom is 0.336 e. The third-order valence-corrected chi connectivity index (χ3v) is 6.56. The van der Waals surface area contributed by atoms with E-state index in [1.165, 1.54) is 5.56 Å². The molecule has 3 aromatic carbocycles. The molecular weight excluding hydrogens is 440 g/mol. The molecule has 2 N–H and O–H groups in total. The van der Waals surface area contributed by atoms with Crippen LogP contribution in [0.3, 0.4) is 0 Å². The second kappa shape index (κ2) is 8.33. The molecule has 1 amide bonds. The van der Waals surface area contributed by atoms with E-state index in [1.807, 2.05) is 36.4 Å². The molecule has 0 fully saturated rings. The van der Waals surface area contributed by atoms with Gasteiger partial charge in [-0.1, -0.05) is 54.6 Å². The molecule has 1 aliphatic rings. The molecule has 0 saturated heterocycles. The molecule has 6 heteroatoms. The highest BCUT2D eigenvalue weighted by molar-refractivity contribution is 6.06. The van der Waals surface area contributed by atoms with Crippen LogP contribution in [-0.2, 0) is 11.3 Å². The second-order valence-electron chi connectivity index (χ2n) is 8.76. The molecular formula is C29H22N2O4. The Kier molecular flexibility index (Phi) is 4.99. The first-order valence-electron chi connectivity index (χ1n) is 11.5. The number of anilines is 1. The summed E-state index contributed by atoms with van der Waals surface area (Å²) in [6, 6.07) is 26.6. The number of amides is 1. The van der Waals surface area contributed by atoms with Gasteiger partial charge in [0.1, 0.15) is 11.5 Å². The lowest BCUT2D eigenvalue weighted by Gasteiger charge is -2.11. The summed E-state index contributed by atoms with van der Waals surface area (Å²) in [5.41, 5.74) is 4.71. The number of aromatic nitrogens is 1. The van der Waals surface area contributed by atoms with Gasteiger partial charge in [-0.3, -0.25) is 4.79 Å². The van der Waals surface area contributed by atoms with E-state index in [2.05, 4.69) is 34.3 Å². The van der Waals surface area contributed by atoms with Crippen LogP contribution >= 0.6 is 0 Å². The topological polar surface area (TPSA) is 84.5 Å². The van der Waals surface area contributed by atoms with Gasteiger partial charge >= 0.3 is 5.97 Å². The van der Waals surface area contributed by atoms with E-state index in [4.69, 9.17) is 4.42 Å². The van der Waals surface area contributed by atoms with E-state index in [0.29, 0.717) is 23.6 Å². The molecule has 6 rings (SSSR count). The van der Waals surface area contributed by atoms with Crippen LogP contribution in [0.1, 0.15) is 39.6 Å². The molecule has 3 heterocycles. The van der Waals surface area contributed by atoms with Gasteiger partial charge in [-0.25, -0.2) is 4.79 Å². The lowest BCUT2D eigenvalue weighted by atomic mass is 9.93. The Balaban J connectivity index is 1.47. The van der Waals surface area contributed by atoms with E-state index in [-0.39, 0.29) is 23.8 Å². The number of hydrogen-bond donors (Lipinski definition) is 2. The average molecular weight is 463 g/mol. The van der Waals surface area contributed by atoms with Gasteiger partial charge in [-0.05, 0) is 41.5 Å². The Bertz CT molecular complexity index is 1580. The van der Waals surface area contributed by atoms with Crippen LogP contribution in [0.5, 0.6) is 0 Å². The number of furan rings is 1. The Morgan fingerprint density at radius 2 is 1.77 bits per heavy atom. The number of hydrogen-bond acceptors (Lipinski definition) is 3. The van der Waals surface area contributed by atoms with E-state index in [0.717, 1.165) is 22.2 Å². The highest BCUT2D eigenvalue weighted by Crippen LogP contribution is 2.42. The van der Waals surface area contributed by atoms with Crippen molar-refractivity contribution < 1.29 is 19.1 Å². The number of carbonyl (C=O) groups is 2. The third-order valence-electron chi connectivity index (χ3n) is 6.56. The molecule has 5 aromatic rings. The van der Waals surface area contributed by atoms with Crippen molar-refractivity contribution in [1.82, 2.24) is 4.57 Å². The number of aromatic carboxylic acids is 1. The molecule has 35 heavy (non-hydrogen) atoms. The molecule has 0 bridgehead atoms. The number of nitrogens with one attached hydrogen (secondary N) is 1. The Hall–Kier alpha value is -4.58. The number of benzene rings is 3. The zero-order chi connectivity index (χ0) is 23.9. The van der Waals surface area contributed by atoms with E-state index in [1.54, 1.807) is 30.3 Å². The van der Waals surface area contributed by atoms with Crippen molar-refractivity contribution in [3.8, 4) is 11.3 Å². The zero-order valence-corrected chi connectivity index (χ0v) is 18.8. The fraction of sp³-hybridized carbons (Fsp3) is 0.103. The summed E-state index contributed by atoms with van der Waals surface area (Å²) < 4.78 is 8.43. The zero-order valence-electron chi connectivity index (χ0n) is 18.8. The number of rotatable bonds is 5. The van der Waals surface area contributed by atoms with Gasteiger partial charge in [0.05, 0.1) is 22.7 Å². The SMILES string of the molecule is O=C1C[C@H](c2ccc(-c3ccccc3C(=O)O)o2)c2cn(Cc3ccccc3)c3cccc(c23)N1. The standard InChI is InChI=1S/C29H22N2O4/c32-27-15-21(26-14-13-25(35-26)19-9-4-5-10-20(19)29(33)34)22-17-31(16-18-7-2-1-3-8-18)24-12-6-11-23(30-27)28(22)24/h1-14,17,21H,15-16H2,(H,30,32)(H,33,34)/t21-/m0/s1. The molecule has 172 valence electrons. The van der Waals surface area contributed by atoms with Crippen LogP contribution in [0.4, 0.5) is 5.69 Å². The van der Waals surface area contributed by atoms with Crippen molar-refractivity contribution in [2.24, 2.45) is 0 Å². The molecule has 6 nitrogen and oxygen atoms in total. The highest BCUT2D eigenvalue weighted by Gasteiger charge is 2.30. The fourth-order valence-electron chi connectivity index (χ4n) is 4.98. The Morgan fingerprint density at radius 3 is 2.60 bits per heavy atom. The van der Waals surface area contributed by atoms with Crippen LogP contribution in [0.15, 0.2) is 95.5 Å². The number of carbonyl (C=O) groups excluding carboxylic acids is 1. The minimum absolute atomic E-state index is 0.0859. The van der Waals surface area contributed by atoms with Crippen LogP contribution in [0, 0.1) is 0 Å². The summed E-state index contributed by atoms with van der Waals surface area (Å²) in [5, 5.41) is 13.6. The van der Waals surface area contributed by atoms with Gasteiger partial charge in [0.2, 0.25) is 5.91 Å². The highest BCUT2D eigenvalue weighted by atomic mass is 16.4. The summed E-state index contributed by atoms with van der Waals surface area (Å²) in [6.45, 7) is 0.705. The van der Waals surface area contributed by atoms with Crippen molar-refractivity contribution in [1.29, 1.82) is 0 Å². The number of carboxylic acid groups (broad SMARTS) is 1. The van der Waals surface area contributed by atoms with Gasteiger partial charge in [-0.2, -0.15) is 0 Å². The van der Waals surface area contributed by atoms with Gasteiger partial charge in [0.15, 0.2) is 0 Å². The molecule has 0 aliphatic carbocycles. The smallest absolute Gasteiger partial charge is 0.336 e. The molecule has 1 atom stereocenters. The lowest BCUT2D eigenvalue weighted by Crippen LogP contribution is -2.13. The van der Waals surface area contributed by atoms with Gasteiger partial charge < -0.3 is 19.4 Å². The predicted octanol–water partition coefficient (Wildman–Crippen LogP) is 6.12. The summed E-state index contributed by atoms with van der Waals surface area (Å²) >= 11 is 0. The normalized spacial score (nSPS) is 15.1. The van der Waals surface area contributed by atoms with Gasteiger partial charge in [-0.15, -0.1) is 0 Å². The molecule has 1 aliphatic heterocycles. The molecule has 2 aromatic heterocycles. The fourth-order valence-corrected chi connectivity index (χ4v) is 4.98. The van der Waals surface area contributed by atoms with Gasteiger partial charge in [0.25, 0.3) is 0 Å². The largest absolute Gasteiger partial charge is 0.478 e. The summed E-state index contributed by atoms with van der Waals surface area (Å²) in [6.07, 6.45) is 2.34. The average Bonchev–Trinajstić information content (AvgIpc) is 3.46. The third kappa shape index (κ3) is 3.69. The number of nitrogens with zero attached hydrogens (tertiary/aromatic N) is 1. The van der Waals surface area contributed by atoms with E-state index < -0.39 is 5.97 Å². The molecule has 0 spiro atoms. The summed E-state index contributed by atoms with van der Waals surface area (Å²) in [4.78, 5) is 24.5. The predicted molar refractivity (Wildman–Crippen MR) is 134 cm³/mol. The van der Waals surface area contributed by atoms with Crippen molar-refractivity contribution in [2.75, 3.05) is 5.32 Å². The maximum absolute atomic E-state index is 12.8. The van der Waals surface area contributed by atoms with Crippen LogP contribution in [-0.4, -0.2) is 21.6 Å². The first-order valence-corrected chi connectivity index (χ1v) is 11.5. The van der Waals surface area contributed by atoms with Crippen molar-refractivity contribution >= 4 is 28.5 Å². The lowest BCUT2D eigenvalue weighted by molar-refractivity contribution is -0.116. The summed E-state index contributed by atoms with van der Waals surface area (Å²) in [7, 11) is 0. The van der Waals surface area contributed by atoms with Crippen LogP contribution in [0.25, 0.3) is 22.2 Å². The van der Waals surface area contributed by atoms with E-state index in [9.17, 15) is 14.7 Å². The number of carboxylic acids is 1. The minimum atomic E-state index is -1.01. The Labute approximate surface area is 201 Å². The van der Waals surface area contributed by atoms with Crippen molar-refractivity contribution in [3.63, 3.8) is 0 Å². The minimum Gasteiger partial charge on any atom is -0.478 e. The van der Waals surface area contributed by atoms with Crippen molar-refractivity contribution in [2.45, 2.75) is 18.9 Å². The first-order chi connectivity index (χ1) is 17.1. The molecule has 0 radical (unpaired) electrons. The van der Waals surface area contributed by atoms with Crippen LogP contribution < -0.4 is 5.32 Å². The van der Waals surface area contributed by atoms with Crippen molar-refractivity contribution in [3.05, 3.63) is 114 Å². The molecule has 0 saturated carbocycles.